The van der Waals surface area contributed by atoms with Gasteiger partial charge in [-0.05, 0) is 25.5 Å². The molecule has 1 amide bonds. The number of aromatic nitrogens is 4. The van der Waals surface area contributed by atoms with Crippen molar-refractivity contribution in [2.24, 2.45) is 7.05 Å². The van der Waals surface area contributed by atoms with Crippen molar-refractivity contribution in [3.8, 4) is 0 Å². The van der Waals surface area contributed by atoms with Gasteiger partial charge >= 0.3 is 0 Å². The molecular formula is C12H15N5O. The normalized spacial score (nSPS) is 10.4. The predicted molar refractivity (Wildman–Crippen MR) is 67.4 cm³/mol. The Morgan fingerprint density at radius 1 is 1.28 bits per heavy atom. The van der Waals surface area contributed by atoms with E-state index in [1.165, 1.54) is 4.90 Å². The summed E-state index contributed by atoms with van der Waals surface area (Å²) in [5.41, 5.74) is 2.27. The summed E-state index contributed by atoms with van der Waals surface area (Å²) in [5, 5.41) is 4.15. The molecule has 0 aliphatic heterocycles. The Balaban J connectivity index is 2.29. The SMILES string of the molecule is Cc1cnc(N(C)C(=O)c2cc(C)nn2C)nc1. The van der Waals surface area contributed by atoms with Gasteiger partial charge in [0.05, 0.1) is 5.69 Å². The van der Waals surface area contributed by atoms with Gasteiger partial charge in [0.25, 0.3) is 5.91 Å². The molecule has 2 heterocycles. The molecular weight excluding hydrogens is 230 g/mol. The lowest BCUT2D eigenvalue weighted by Crippen LogP contribution is -2.29. The molecule has 0 saturated carbocycles. The number of hydrogen-bond donors (Lipinski definition) is 0. The molecule has 6 heteroatoms. The van der Waals surface area contributed by atoms with Gasteiger partial charge in [0.2, 0.25) is 5.95 Å². The Bertz CT molecular complexity index is 573. The quantitative estimate of drug-likeness (QED) is 0.795. The van der Waals surface area contributed by atoms with Crippen LogP contribution in [0.25, 0.3) is 0 Å². The molecule has 18 heavy (non-hydrogen) atoms. The minimum absolute atomic E-state index is 0.179. The molecule has 0 bridgehead atoms. The molecule has 94 valence electrons. The van der Waals surface area contributed by atoms with Crippen LogP contribution in [-0.4, -0.2) is 32.7 Å². The molecule has 0 aliphatic rings. The molecule has 0 radical (unpaired) electrons. The zero-order valence-electron chi connectivity index (χ0n) is 10.9. The minimum Gasteiger partial charge on any atom is -0.278 e. The largest absolute Gasteiger partial charge is 0.278 e. The average Bonchev–Trinajstić information content (AvgIpc) is 2.67. The van der Waals surface area contributed by atoms with Crippen LogP contribution in [0.2, 0.25) is 0 Å². The number of aryl methyl sites for hydroxylation is 3. The van der Waals surface area contributed by atoms with Crippen LogP contribution in [0.4, 0.5) is 5.95 Å². The monoisotopic (exact) mass is 245 g/mol. The predicted octanol–water partition coefficient (Wildman–Crippen LogP) is 1.10. The number of rotatable bonds is 2. The summed E-state index contributed by atoms with van der Waals surface area (Å²) in [7, 11) is 3.39. The molecule has 6 nitrogen and oxygen atoms in total. The van der Waals surface area contributed by atoms with Gasteiger partial charge < -0.3 is 0 Å². The van der Waals surface area contributed by atoms with E-state index >= 15 is 0 Å². The van der Waals surface area contributed by atoms with E-state index in [4.69, 9.17) is 0 Å². The van der Waals surface area contributed by atoms with Crippen molar-refractivity contribution in [1.29, 1.82) is 0 Å². The fraction of sp³-hybridized carbons (Fsp3) is 0.333. The summed E-state index contributed by atoms with van der Waals surface area (Å²) in [4.78, 5) is 21.9. The third-order valence-electron chi connectivity index (χ3n) is 2.59. The second-order valence-electron chi connectivity index (χ2n) is 4.22. The number of nitrogens with zero attached hydrogens (tertiary/aromatic N) is 5. The Morgan fingerprint density at radius 2 is 1.89 bits per heavy atom. The molecule has 0 spiro atoms. The van der Waals surface area contributed by atoms with Crippen LogP contribution < -0.4 is 4.90 Å². The number of hydrogen-bond acceptors (Lipinski definition) is 4. The molecule has 2 aromatic heterocycles. The van der Waals surface area contributed by atoms with Crippen LogP contribution in [0.3, 0.4) is 0 Å². The van der Waals surface area contributed by atoms with Gasteiger partial charge in [-0.3, -0.25) is 14.4 Å². The minimum atomic E-state index is -0.179. The highest BCUT2D eigenvalue weighted by atomic mass is 16.2. The summed E-state index contributed by atoms with van der Waals surface area (Å²) in [5.74, 6) is 0.200. The first-order valence-electron chi connectivity index (χ1n) is 5.56. The third-order valence-corrected chi connectivity index (χ3v) is 2.59. The molecule has 0 saturated heterocycles. The summed E-state index contributed by atoms with van der Waals surface area (Å²) in [6, 6.07) is 1.74. The third kappa shape index (κ3) is 2.22. The van der Waals surface area contributed by atoms with E-state index in [0.29, 0.717) is 11.6 Å². The average molecular weight is 245 g/mol. The molecule has 0 N–H and O–H groups in total. The van der Waals surface area contributed by atoms with E-state index in [0.717, 1.165) is 11.3 Å². The fourth-order valence-corrected chi connectivity index (χ4v) is 1.63. The molecule has 2 rings (SSSR count). The van der Waals surface area contributed by atoms with Crippen LogP contribution in [-0.2, 0) is 7.05 Å². The Labute approximate surface area is 105 Å². The lowest BCUT2D eigenvalue weighted by atomic mass is 10.3. The van der Waals surface area contributed by atoms with Crippen LogP contribution in [0.15, 0.2) is 18.5 Å². The summed E-state index contributed by atoms with van der Waals surface area (Å²) < 4.78 is 1.56. The zero-order valence-corrected chi connectivity index (χ0v) is 10.9. The first-order chi connectivity index (χ1) is 8.49. The van der Waals surface area contributed by atoms with E-state index in [9.17, 15) is 4.79 Å². The molecule has 0 atom stereocenters. The van der Waals surface area contributed by atoms with E-state index < -0.39 is 0 Å². The van der Waals surface area contributed by atoms with Crippen LogP contribution in [0, 0.1) is 13.8 Å². The van der Waals surface area contributed by atoms with E-state index in [2.05, 4.69) is 15.1 Å². The van der Waals surface area contributed by atoms with E-state index in [1.54, 1.807) is 37.2 Å². The van der Waals surface area contributed by atoms with Crippen molar-refractivity contribution < 1.29 is 4.79 Å². The van der Waals surface area contributed by atoms with Gasteiger partial charge in [-0.2, -0.15) is 5.10 Å². The molecule has 0 aliphatic carbocycles. The second-order valence-corrected chi connectivity index (χ2v) is 4.22. The van der Waals surface area contributed by atoms with Gasteiger partial charge in [0.1, 0.15) is 5.69 Å². The van der Waals surface area contributed by atoms with E-state index in [-0.39, 0.29) is 5.91 Å². The standard InChI is InChI=1S/C12H15N5O/c1-8-6-13-12(14-7-8)16(3)11(18)10-5-9(2)15-17(10)4/h5-7H,1-4H3. The topological polar surface area (TPSA) is 63.9 Å². The Morgan fingerprint density at radius 3 is 2.39 bits per heavy atom. The molecule has 0 aromatic carbocycles. The van der Waals surface area contributed by atoms with Crippen molar-refractivity contribution in [2.75, 3.05) is 11.9 Å². The lowest BCUT2D eigenvalue weighted by Gasteiger charge is -2.14. The number of carbonyl (C=O) groups is 1. The summed E-state index contributed by atoms with van der Waals surface area (Å²) >= 11 is 0. The highest BCUT2D eigenvalue weighted by Crippen LogP contribution is 2.10. The van der Waals surface area contributed by atoms with Crippen molar-refractivity contribution >= 4 is 11.9 Å². The Kier molecular flexibility index (Phi) is 3.10. The van der Waals surface area contributed by atoms with Gasteiger partial charge in [0.15, 0.2) is 0 Å². The van der Waals surface area contributed by atoms with Crippen LogP contribution >= 0.6 is 0 Å². The first kappa shape index (κ1) is 12.2. The smallest absolute Gasteiger partial charge is 0.278 e. The van der Waals surface area contributed by atoms with Crippen LogP contribution in [0.1, 0.15) is 21.7 Å². The fourth-order valence-electron chi connectivity index (χ4n) is 1.63. The molecule has 0 unspecified atom stereocenters. The van der Waals surface area contributed by atoms with Gasteiger partial charge in [0, 0.05) is 26.5 Å². The Hall–Kier alpha value is -2.24. The zero-order chi connectivity index (χ0) is 13.3. The number of carbonyl (C=O) groups excluding carboxylic acids is 1. The number of anilines is 1. The van der Waals surface area contributed by atoms with Crippen molar-refractivity contribution in [1.82, 2.24) is 19.7 Å². The van der Waals surface area contributed by atoms with Gasteiger partial charge in [-0.1, -0.05) is 0 Å². The lowest BCUT2D eigenvalue weighted by molar-refractivity contribution is 0.0982. The van der Waals surface area contributed by atoms with Crippen molar-refractivity contribution in [3.63, 3.8) is 0 Å². The van der Waals surface area contributed by atoms with Crippen molar-refractivity contribution in [2.45, 2.75) is 13.8 Å². The first-order valence-corrected chi connectivity index (χ1v) is 5.56. The number of amides is 1. The van der Waals surface area contributed by atoms with Gasteiger partial charge in [-0.25, -0.2) is 9.97 Å². The summed E-state index contributed by atoms with van der Waals surface area (Å²) in [6.07, 6.45) is 3.36. The van der Waals surface area contributed by atoms with Crippen LogP contribution in [0.5, 0.6) is 0 Å². The highest BCUT2D eigenvalue weighted by Gasteiger charge is 2.19. The maximum Gasteiger partial charge on any atom is 0.278 e. The van der Waals surface area contributed by atoms with Gasteiger partial charge in [-0.15, -0.1) is 0 Å². The van der Waals surface area contributed by atoms with Crippen molar-refractivity contribution in [3.05, 3.63) is 35.4 Å². The highest BCUT2D eigenvalue weighted by molar-refractivity contribution is 6.03. The summed E-state index contributed by atoms with van der Waals surface area (Å²) in [6.45, 7) is 3.75. The maximum atomic E-state index is 12.2. The maximum absolute atomic E-state index is 12.2. The second kappa shape index (κ2) is 4.56. The molecule has 0 fully saturated rings. The van der Waals surface area contributed by atoms with E-state index in [1.807, 2.05) is 13.8 Å². The molecule has 2 aromatic rings.